The van der Waals surface area contributed by atoms with E-state index in [2.05, 4.69) is 38.5 Å². The number of cyclic esters (lactones) is 1. The van der Waals surface area contributed by atoms with Gasteiger partial charge in [0, 0.05) is 89.7 Å². The molecule has 1 aliphatic carbocycles. The molecule has 0 spiro atoms. The Morgan fingerprint density at radius 1 is 0.685 bits per heavy atom. The van der Waals surface area contributed by atoms with Gasteiger partial charge in [-0.1, -0.05) is 82.4 Å². The van der Waals surface area contributed by atoms with Gasteiger partial charge in [-0.15, -0.1) is 0 Å². The van der Waals surface area contributed by atoms with Gasteiger partial charge >= 0.3 is 12.1 Å². The highest BCUT2D eigenvalue weighted by Crippen LogP contribution is 2.39. The van der Waals surface area contributed by atoms with Gasteiger partial charge in [0.15, 0.2) is 17.0 Å². The summed E-state index contributed by atoms with van der Waals surface area (Å²) >= 11 is 0. The monoisotopic (exact) mass is 1780 g/mol. The van der Waals surface area contributed by atoms with Crippen molar-refractivity contribution >= 4 is 69.4 Å². The highest BCUT2D eigenvalue weighted by atomic mass is 16.6. The van der Waals surface area contributed by atoms with E-state index in [0.717, 1.165) is 28.7 Å². The van der Waals surface area contributed by atoms with Gasteiger partial charge in [0.05, 0.1) is 148 Å². The summed E-state index contributed by atoms with van der Waals surface area (Å²) in [5, 5.41) is 43.2. The molecule has 7 heterocycles. The lowest BCUT2D eigenvalue weighted by Crippen LogP contribution is -2.61. The molecule has 0 unspecified atom stereocenters. The average molecular weight is 1780 g/mol. The molecule has 5 aromatic rings. The smallest absolute Gasteiger partial charge is 0.407 e. The van der Waals surface area contributed by atoms with E-state index in [0.29, 0.717) is 216 Å². The van der Waals surface area contributed by atoms with E-state index < -0.39 is 114 Å². The van der Waals surface area contributed by atoms with Crippen molar-refractivity contribution in [2.45, 2.75) is 211 Å². The molecule has 4 aliphatic heterocycles. The number of carbonyl (C=O) groups is 6. The standard InChI is InChI=1S/C92H135N11O24/c1-58-15-11-10-12-16-59(2)75(113-7)53-69-23-18-63(6)92(112,127-69)85(108)88(109)102-29-14-13-17-72(102)89(110)124-77(54-76(114-8)60(3)48-62(5)83(106)84(107)82(105)61(4)47-58)70(93)50-64-20-24-74(78(51-64)115-9)126-91(111)96-28-32-117-34-36-119-38-40-121-42-44-123-46-45-122-43-41-120-39-37-118-35-33-116-31-27-79(104)101-30-26-66-49-65(19-21-68(66)56-101)55-103-87-80(86(94)97-57-98-87)81(100-103)67-22-25-73-71(52-67)99-90(95)125-73/h10-12,15-16,19,21-22,25,48-49,52,57-58,60-61,63-64,69-70,72,74-78,83-84,106-107,112H,13-14,17-18,20,23-24,26-47,50-51,53-56,93H2,1-9H3,(H2,95,99)(H,96,111)(H2,94,97,98)/b12-10?,15-11+,59-16?,62-48+/t58-,60-,61-,63-,64+,69+,70-,72+,74-,75+,76-,77+,78-,83-,84+,92-/m1/s1. The Bertz CT molecular complexity index is 4460. The number of anilines is 2. The van der Waals surface area contributed by atoms with Gasteiger partial charge in [0.1, 0.15) is 53.8 Å². The number of nitrogens with zero attached hydrogens (tertiary/aromatic N) is 7. The van der Waals surface area contributed by atoms with Crippen LogP contribution >= 0.6 is 0 Å². The number of alkyl carbamates (subject to hydrolysis) is 1. The number of hydrogen-bond donors (Lipinski definition) is 7. The summed E-state index contributed by atoms with van der Waals surface area (Å²) in [5.74, 6) is -7.64. The van der Waals surface area contributed by atoms with Gasteiger partial charge in [-0.25, -0.2) is 24.2 Å². The third-order valence-corrected chi connectivity index (χ3v) is 24.5. The van der Waals surface area contributed by atoms with E-state index in [1.165, 1.54) is 23.9 Å². The SMILES string of the molecule is CO[C@H]1C[C@@H]2CC[C@@H](C)[C@@](O)(O2)C(=O)C(=O)N2CCCC[C@H]2C(=O)O[C@H]([C@H](N)C[C@@H]2CC[C@@H](OC(=O)NCCOCCOCCOCCOCCOCCOCCOCCOCCC(=O)N3CCc4cc(Cn5nc(-c6ccc7oc(N)nc7c6)c6c(N)ncnc65)ccc4C3)[C@H](OC)C2)C[C@@H](OC)[C@H](C)/C=C(\C)[C@@H](O)[C@@H](O)C(=O)[C@H](C)C[C@H](C)/C=C/C=CC=C1C. The van der Waals surface area contributed by atoms with Crippen molar-refractivity contribution in [2.75, 3.05) is 158 Å². The molecular weight excluding hydrogens is 1640 g/mol. The van der Waals surface area contributed by atoms with Crippen LogP contribution in [-0.4, -0.2) is 299 Å². The maximum atomic E-state index is 14.8. The van der Waals surface area contributed by atoms with Crippen LogP contribution in [0.5, 0.6) is 0 Å². The van der Waals surface area contributed by atoms with Crippen LogP contribution in [0.4, 0.5) is 16.6 Å². The number of fused-ring (bicyclic) bond motifs is 6. The fourth-order valence-corrected chi connectivity index (χ4v) is 17.1. The van der Waals surface area contributed by atoms with Crippen molar-refractivity contribution in [1.29, 1.82) is 0 Å². The van der Waals surface area contributed by atoms with Crippen molar-refractivity contribution < 1.29 is 115 Å². The normalized spacial score (nSPS) is 26.9. The first kappa shape index (κ1) is 101. The molecule has 10 N–H and O–H groups in total. The van der Waals surface area contributed by atoms with Gasteiger partial charge in [0.2, 0.25) is 11.7 Å². The lowest BCUT2D eigenvalue weighted by atomic mass is 9.80. The fourth-order valence-electron chi connectivity index (χ4n) is 17.1. The second kappa shape index (κ2) is 51.1. The topological polar surface area (TPSA) is 459 Å². The maximum absolute atomic E-state index is 14.8. The predicted octanol–water partition coefficient (Wildman–Crippen LogP) is 7.67. The molecule has 702 valence electrons. The van der Waals surface area contributed by atoms with Crippen molar-refractivity contribution in [2.24, 2.45) is 35.3 Å². The van der Waals surface area contributed by atoms with Crippen molar-refractivity contribution in [3.05, 3.63) is 107 Å². The van der Waals surface area contributed by atoms with E-state index in [-0.39, 0.29) is 69.1 Å². The Morgan fingerprint density at radius 2 is 1.35 bits per heavy atom. The zero-order valence-electron chi connectivity index (χ0n) is 75.2. The van der Waals surface area contributed by atoms with E-state index in [1.807, 2.05) is 72.9 Å². The molecule has 3 fully saturated rings. The Kier molecular flexibility index (Phi) is 40.5. The molecule has 0 radical (unpaired) electrons. The van der Waals surface area contributed by atoms with Gasteiger partial charge in [0.25, 0.3) is 17.7 Å². The molecule has 1 saturated carbocycles. The van der Waals surface area contributed by atoms with Crippen molar-refractivity contribution in [3.63, 3.8) is 0 Å². The maximum Gasteiger partial charge on any atom is 0.407 e. The zero-order valence-corrected chi connectivity index (χ0v) is 75.2. The van der Waals surface area contributed by atoms with Crippen LogP contribution in [0.2, 0.25) is 0 Å². The van der Waals surface area contributed by atoms with E-state index >= 15 is 0 Å². The summed E-state index contributed by atoms with van der Waals surface area (Å²) < 4.78 is 88.8. The average Bonchev–Trinajstić information content (AvgIpc) is 1.71. The van der Waals surface area contributed by atoms with Crippen LogP contribution < -0.4 is 22.5 Å². The quantitative estimate of drug-likeness (QED) is 0.00867. The number of esters is 1. The number of nitrogens with one attached hydrogen (secondary N) is 1. The molecule has 3 aromatic heterocycles. The summed E-state index contributed by atoms with van der Waals surface area (Å²) in [6.07, 6.45) is 10.3. The summed E-state index contributed by atoms with van der Waals surface area (Å²) in [6, 6.07) is 9.88. The zero-order chi connectivity index (χ0) is 90.9. The molecule has 35 nitrogen and oxygen atoms in total. The van der Waals surface area contributed by atoms with Gasteiger partial charge < -0.3 is 118 Å². The van der Waals surface area contributed by atoms with Gasteiger partial charge in [-0.2, -0.15) is 10.1 Å². The number of aromatic nitrogens is 5. The lowest BCUT2D eigenvalue weighted by Gasteiger charge is -2.43. The number of Topliss-reactive ketones (excluding diaryl/α,β-unsaturated/α-hetero) is 2. The van der Waals surface area contributed by atoms with Gasteiger partial charge in [-0.05, 0) is 142 Å². The highest BCUT2D eigenvalue weighted by Gasteiger charge is 2.53. The number of aliphatic hydroxyl groups is 3. The largest absolute Gasteiger partial charge is 0.459 e. The number of hydrogen-bond acceptors (Lipinski definition) is 31. The second-order valence-electron chi connectivity index (χ2n) is 33.8. The summed E-state index contributed by atoms with van der Waals surface area (Å²) in [7, 11) is 4.60. The fraction of sp³-hybridized carbons (Fsp3) is 0.652. The number of aliphatic hydroxyl groups excluding tert-OH is 2. The molecule has 5 aliphatic rings. The molecule has 2 aromatic carbocycles. The molecule has 16 atom stereocenters. The number of benzene rings is 2. The Balaban J connectivity index is 0.553. The van der Waals surface area contributed by atoms with E-state index in [9.17, 15) is 44.1 Å². The number of oxazole rings is 1. The van der Waals surface area contributed by atoms with Crippen LogP contribution in [0.15, 0.2) is 94.7 Å². The molecule has 10 rings (SSSR count). The molecular formula is C92H135N11O24. The van der Waals surface area contributed by atoms with Gasteiger partial charge in [-0.3, -0.25) is 19.2 Å². The van der Waals surface area contributed by atoms with E-state index in [1.54, 1.807) is 47.1 Å². The number of rotatable bonds is 37. The Morgan fingerprint density at radius 3 is 2.02 bits per heavy atom. The number of ketones is 2. The van der Waals surface area contributed by atoms with Crippen LogP contribution in [0.25, 0.3) is 33.4 Å². The Labute approximate surface area is 743 Å². The third kappa shape index (κ3) is 29.5. The molecule has 2 bridgehead atoms. The van der Waals surface area contributed by atoms with E-state index in [4.69, 9.17) is 93.0 Å². The van der Waals surface area contributed by atoms with Crippen LogP contribution in [0.1, 0.15) is 142 Å². The number of ether oxygens (including phenoxy) is 14. The predicted molar refractivity (Wildman–Crippen MR) is 470 cm³/mol. The number of nitrogen functional groups attached to an aromatic ring is 2. The second-order valence-corrected chi connectivity index (χ2v) is 33.8. The molecule has 127 heavy (non-hydrogen) atoms. The first-order chi connectivity index (χ1) is 61.3. The minimum Gasteiger partial charge on any atom is -0.459 e. The Hall–Kier alpha value is -8.60. The molecule has 35 heteroatoms. The molecule has 3 amide bonds. The van der Waals surface area contributed by atoms with Crippen LogP contribution in [-0.2, 0) is 110 Å². The molecule has 2 saturated heterocycles. The van der Waals surface area contributed by atoms with Crippen LogP contribution in [0, 0.1) is 29.6 Å². The lowest BCUT2D eigenvalue weighted by molar-refractivity contribution is -0.265. The number of amides is 3. The number of nitrogens with two attached hydrogens (primary N) is 3. The number of piperidine rings is 1. The minimum absolute atomic E-state index is 0.0358. The first-order valence-corrected chi connectivity index (χ1v) is 44.8. The number of carbonyl (C=O) groups excluding carboxylic acids is 6. The van der Waals surface area contributed by atoms with Crippen molar-refractivity contribution in [3.8, 4) is 11.3 Å². The van der Waals surface area contributed by atoms with Crippen molar-refractivity contribution in [1.82, 2.24) is 39.8 Å². The number of allylic oxidation sites excluding steroid dienone is 5. The minimum atomic E-state index is -2.48. The summed E-state index contributed by atoms with van der Waals surface area (Å²) in [6.45, 7) is 18.3. The van der Waals surface area contributed by atoms with Crippen LogP contribution in [0.3, 0.4) is 0 Å². The third-order valence-electron chi connectivity index (χ3n) is 24.5. The highest BCUT2D eigenvalue weighted by molar-refractivity contribution is 6.39. The summed E-state index contributed by atoms with van der Waals surface area (Å²) in [5.41, 5.74) is 27.0. The number of methoxy groups -OCH3 is 3. The summed E-state index contributed by atoms with van der Waals surface area (Å²) in [4.78, 5) is 99.9. The first-order valence-electron chi connectivity index (χ1n) is 44.8.